The van der Waals surface area contributed by atoms with E-state index < -0.39 is 0 Å². The molecular formula is C13H19BrN2O. The molecule has 0 aliphatic carbocycles. The predicted molar refractivity (Wildman–Crippen MR) is 72.0 cm³/mol. The predicted octanol–water partition coefficient (Wildman–Crippen LogP) is 2.40. The van der Waals surface area contributed by atoms with E-state index >= 15 is 0 Å². The minimum atomic E-state index is 0.319. The SMILES string of the molecule is CNC(Cc1cncc(Br)c1)C1OCCC1C. The Morgan fingerprint density at radius 3 is 3.00 bits per heavy atom. The van der Waals surface area contributed by atoms with Gasteiger partial charge in [0, 0.05) is 29.5 Å². The van der Waals surface area contributed by atoms with E-state index in [1.165, 1.54) is 12.0 Å². The van der Waals surface area contributed by atoms with Gasteiger partial charge in [0.1, 0.15) is 0 Å². The Kier molecular flexibility index (Phi) is 4.54. The minimum Gasteiger partial charge on any atom is -0.376 e. The second kappa shape index (κ2) is 5.94. The van der Waals surface area contributed by atoms with Crippen molar-refractivity contribution in [3.8, 4) is 0 Å². The fourth-order valence-corrected chi connectivity index (χ4v) is 2.85. The van der Waals surface area contributed by atoms with Crippen LogP contribution in [0.5, 0.6) is 0 Å². The van der Waals surface area contributed by atoms with Crippen molar-refractivity contribution in [3.05, 3.63) is 28.5 Å². The number of nitrogens with zero attached hydrogens (tertiary/aromatic N) is 1. The molecule has 2 heterocycles. The molecule has 1 saturated heterocycles. The normalized spacial score (nSPS) is 26.1. The maximum Gasteiger partial charge on any atom is 0.0757 e. The highest BCUT2D eigenvalue weighted by Crippen LogP contribution is 2.24. The largest absolute Gasteiger partial charge is 0.376 e. The number of hydrogen-bond donors (Lipinski definition) is 1. The van der Waals surface area contributed by atoms with Gasteiger partial charge in [-0.1, -0.05) is 6.92 Å². The Morgan fingerprint density at radius 1 is 1.59 bits per heavy atom. The number of halogens is 1. The third-order valence-electron chi connectivity index (χ3n) is 3.43. The lowest BCUT2D eigenvalue weighted by Crippen LogP contribution is -2.41. The number of ether oxygens (including phenoxy) is 1. The Bertz CT molecular complexity index is 372. The van der Waals surface area contributed by atoms with Crippen molar-refractivity contribution < 1.29 is 4.74 Å². The van der Waals surface area contributed by atoms with Crippen LogP contribution in [0.4, 0.5) is 0 Å². The summed E-state index contributed by atoms with van der Waals surface area (Å²) in [4.78, 5) is 4.20. The number of aromatic nitrogens is 1. The van der Waals surface area contributed by atoms with Crippen LogP contribution in [0.2, 0.25) is 0 Å². The molecule has 1 N–H and O–H groups in total. The summed E-state index contributed by atoms with van der Waals surface area (Å²) < 4.78 is 6.86. The zero-order valence-electron chi connectivity index (χ0n) is 10.3. The highest BCUT2D eigenvalue weighted by Gasteiger charge is 2.31. The standard InChI is InChI=1S/C13H19BrN2O/c1-9-3-4-17-13(9)12(15-2)6-10-5-11(14)8-16-7-10/h5,7-9,12-13,15H,3-4,6H2,1-2H3. The lowest BCUT2D eigenvalue weighted by Gasteiger charge is -2.25. The lowest BCUT2D eigenvalue weighted by atomic mass is 9.93. The van der Waals surface area contributed by atoms with Crippen LogP contribution in [0, 0.1) is 5.92 Å². The Hall–Kier alpha value is -0.450. The van der Waals surface area contributed by atoms with E-state index in [1.807, 2.05) is 19.4 Å². The number of nitrogens with one attached hydrogen (secondary N) is 1. The highest BCUT2D eigenvalue weighted by molar-refractivity contribution is 9.10. The summed E-state index contributed by atoms with van der Waals surface area (Å²) in [5.74, 6) is 0.632. The zero-order valence-corrected chi connectivity index (χ0v) is 11.9. The molecule has 2 rings (SSSR count). The molecule has 17 heavy (non-hydrogen) atoms. The molecule has 1 fully saturated rings. The average molecular weight is 299 g/mol. The van der Waals surface area contributed by atoms with Crippen LogP contribution in [0.15, 0.2) is 22.9 Å². The van der Waals surface area contributed by atoms with Gasteiger partial charge in [-0.2, -0.15) is 0 Å². The molecule has 0 radical (unpaired) electrons. The summed E-state index contributed by atoms with van der Waals surface area (Å²) in [7, 11) is 2.00. The van der Waals surface area contributed by atoms with Crippen LogP contribution in [0.3, 0.4) is 0 Å². The topological polar surface area (TPSA) is 34.2 Å². The van der Waals surface area contributed by atoms with Gasteiger partial charge in [-0.25, -0.2) is 0 Å². The highest BCUT2D eigenvalue weighted by atomic mass is 79.9. The molecule has 1 aliphatic rings. The van der Waals surface area contributed by atoms with Gasteiger partial charge in [0.2, 0.25) is 0 Å². The molecule has 1 aliphatic heterocycles. The van der Waals surface area contributed by atoms with Crippen LogP contribution in [0.1, 0.15) is 18.9 Å². The van der Waals surface area contributed by atoms with E-state index in [0.717, 1.165) is 17.5 Å². The summed E-state index contributed by atoms with van der Waals surface area (Å²) in [6.45, 7) is 3.15. The van der Waals surface area contributed by atoms with E-state index in [2.05, 4.69) is 39.2 Å². The van der Waals surface area contributed by atoms with Crippen LogP contribution < -0.4 is 5.32 Å². The van der Waals surface area contributed by atoms with Gasteiger partial charge < -0.3 is 10.1 Å². The van der Waals surface area contributed by atoms with Crippen molar-refractivity contribution in [3.63, 3.8) is 0 Å². The second-order valence-corrected chi connectivity index (χ2v) is 5.63. The van der Waals surface area contributed by atoms with Crippen molar-refractivity contribution in [2.75, 3.05) is 13.7 Å². The molecule has 1 aromatic rings. The number of rotatable bonds is 4. The van der Waals surface area contributed by atoms with Crippen molar-refractivity contribution >= 4 is 15.9 Å². The first-order chi connectivity index (χ1) is 8.20. The molecule has 4 heteroatoms. The molecule has 0 bridgehead atoms. The van der Waals surface area contributed by atoms with Crippen molar-refractivity contribution in [2.24, 2.45) is 5.92 Å². The smallest absolute Gasteiger partial charge is 0.0757 e. The summed E-state index contributed by atoms with van der Waals surface area (Å²) >= 11 is 3.46. The van der Waals surface area contributed by atoms with Gasteiger partial charge >= 0.3 is 0 Å². The van der Waals surface area contributed by atoms with E-state index in [-0.39, 0.29) is 0 Å². The molecule has 0 aromatic carbocycles. The molecule has 0 amide bonds. The fraction of sp³-hybridized carbons (Fsp3) is 0.615. The maximum atomic E-state index is 5.83. The summed E-state index contributed by atoms with van der Waals surface area (Å²) in [6.07, 6.45) is 6.18. The molecule has 0 spiro atoms. The second-order valence-electron chi connectivity index (χ2n) is 4.71. The van der Waals surface area contributed by atoms with E-state index in [9.17, 15) is 0 Å². The monoisotopic (exact) mass is 298 g/mol. The lowest BCUT2D eigenvalue weighted by molar-refractivity contribution is 0.0634. The van der Waals surface area contributed by atoms with Crippen LogP contribution in [-0.4, -0.2) is 30.8 Å². The number of likely N-dealkylation sites (N-methyl/N-ethyl adjacent to an activating group) is 1. The van der Waals surface area contributed by atoms with Gasteiger partial charge in [0.05, 0.1) is 6.10 Å². The Balaban J connectivity index is 2.04. The van der Waals surface area contributed by atoms with Gasteiger partial charge in [-0.15, -0.1) is 0 Å². The van der Waals surface area contributed by atoms with Crippen molar-refractivity contribution in [1.82, 2.24) is 10.3 Å². The number of hydrogen-bond acceptors (Lipinski definition) is 3. The first kappa shape index (κ1) is 13.0. The van der Waals surface area contributed by atoms with Gasteiger partial charge in [0.15, 0.2) is 0 Å². The molecule has 3 atom stereocenters. The van der Waals surface area contributed by atoms with Crippen LogP contribution in [-0.2, 0) is 11.2 Å². The van der Waals surface area contributed by atoms with Crippen molar-refractivity contribution in [1.29, 1.82) is 0 Å². The maximum absolute atomic E-state index is 5.83. The van der Waals surface area contributed by atoms with Crippen molar-refractivity contribution in [2.45, 2.75) is 31.9 Å². The molecule has 1 aromatic heterocycles. The summed E-state index contributed by atoms with van der Waals surface area (Å²) in [6, 6.07) is 2.49. The average Bonchev–Trinajstić information content (AvgIpc) is 2.72. The summed E-state index contributed by atoms with van der Waals surface area (Å²) in [5.41, 5.74) is 1.24. The summed E-state index contributed by atoms with van der Waals surface area (Å²) in [5, 5.41) is 3.37. The van der Waals surface area contributed by atoms with Crippen LogP contribution in [0.25, 0.3) is 0 Å². The quantitative estimate of drug-likeness (QED) is 0.927. The third-order valence-corrected chi connectivity index (χ3v) is 3.86. The van der Waals surface area contributed by atoms with Gasteiger partial charge in [-0.05, 0) is 53.4 Å². The Labute approximate surface area is 111 Å². The molecule has 3 nitrogen and oxygen atoms in total. The third kappa shape index (κ3) is 3.27. The molecule has 3 unspecified atom stereocenters. The fourth-order valence-electron chi connectivity index (χ4n) is 2.44. The molecule has 94 valence electrons. The van der Waals surface area contributed by atoms with Gasteiger partial charge in [-0.3, -0.25) is 4.98 Å². The first-order valence-electron chi connectivity index (χ1n) is 6.09. The van der Waals surface area contributed by atoms with E-state index in [1.54, 1.807) is 0 Å². The minimum absolute atomic E-state index is 0.319. The zero-order chi connectivity index (χ0) is 12.3. The van der Waals surface area contributed by atoms with Gasteiger partial charge in [0.25, 0.3) is 0 Å². The Morgan fingerprint density at radius 2 is 2.41 bits per heavy atom. The van der Waals surface area contributed by atoms with Crippen LogP contribution >= 0.6 is 15.9 Å². The molecular weight excluding hydrogens is 280 g/mol. The first-order valence-corrected chi connectivity index (χ1v) is 6.88. The number of pyridine rings is 1. The van der Waals surface area contributed by atoms with E-state index in [0.29, 0.717) is 18.1 Å². The molecule has 0 saturated carbocycles. The van der Waals surface area contributed by atoms with E-state index in [4.69, 9.17) is 4.74 Å².